The van der Waals surface area contributed by atoms with Crippen molar-refractivity contribution in [3.63, 3.8) is 0 Å². The Morgan fingerprint density at radius 3 is 2.30 bits per heavy atom. The van der Waals surface area contributed by atoms with Crippen LogP contribution in [0.15, 0.2) is 24.3 Å². The number of non-ortho nitro benzene ring substituents is 1. The molecular formula is C17H24N2O4. The Labute approximate surface area is 136 Å². The topological polar surface area (TPSA) is 72.7 Å². The van der Waals surface area contributed by atoms with Crippen LogP contribution < -0.4 is 0 Å². The van der Waals surface area contributed by atoms with E-state index < -0.39 is 0 Å². The first-order valence-electron chi connectivity index (χ1n) is 7.98. The second-order valence-electron chi connectivity index (χ2n) is 6.22. The van der Waals surface area contributed by atoms with E-state index in [4.69, 9.17) is 4.74 Å². The van der Waals surface area contributed by atoms with Crippen molar-refractivity contribution in [2.45, 2.75) is 44.7 Å². The minimum atomic E-state index is -0.383. The van der Waals surface area contributed by atoms with Gasteiger partial charge in [-0.1, -0.05) is 12.1 Å². The summed E-state index contributed by atoms with van der Waals surface area (Å²) in [5, 5.41) is 10.7. The van der Waals surface area contributed by atoms with Crippen molar-refractivity contribution < 1.29 is 14.5 Å². The van der Waals surface area contributed by atoms with Gasteiger partial charge < -0.3 is 4.74 Å². The number of carbonyl (C=O) groups excluding carboxylic acids is 1. The molecule has 1 unspecified atom stereocenters. The van der Waals surface area contributed by atoms with E-state index in [1.165, 1.54) is 7.11 Å². The Balaban J connectivity index is 1.96. The van der Waals surface area contributed by atoms with Crippen LogP contribution in [0.5, 0.6) is 0 Å². The summed E-state index contributed by atoms with van der Waals surface area (Å²) in [6.07, 6.45) is 3.64. The Kier molecular flexibility index (Phi) is 5.71. The van der Waals surface area contributed by atoms with Gasteiger partial charge in [0.05, 0.1) is 18.0 Å². The molecule has 2 rings (SSSR count). The maximum Gasteiger partial charge on any atom is 0.308 e. The Hall–Kier alpha value is -1.95. The molecule has 0 heterocycles. The molecule has 0 bridgehead atoms. The third-order valence-corrected chi connectivity index (χ3v) is 5.00. The summed E-state index contributed by atoms with van der Waals surface area (Å²) in [5.41, 5.74) is 1.18. The number of benzene rings is 1. The van der Waals surface area contributed by atoms with Crippen molar-refractivity contribution in [3.05, 3.63) is 39.9 Å². The first kappa shape index (κ1) is 17.4. The lowest BCUT2D eigenvalue weighted by Gasteiger charge is -2.37. The molecule has 0 N–H and O–H groups in total. The molecule has 0 saturated heterocycles. The minimum absolute atomic E-state index is 0.0272. The number of ether oxygens (including phenoxy) is 1. The summed E-state index contributed by atoms with van der Waals surface area (Å²) in [6, 6.07) is 7.33. The average molecular weight is 320 g/mol. The van der Waals surface area contributed by atoms with Crippen molar-refractivity contribution in [2.24, 2.45) is 5.92 Å². The van der Waals surface area contributed by atoms with E-state index in [0.717, 1.165) is 31.2 Å². The largest absolute Gasteiger partial charge is 0.469 e. The smallest absolute Gasteiger partial charge is 0.308 e. The van der Waals surface area contributed by atoms with E-state index in [0.29, 0.717) is 6.04 Å². The van der Waals surface area contributed by atoms with Crippen molar-refractivity contribution in [1.82, 2.24) is 4.90 Å². The van der Waals surface area contributed by atoms with Crippen LogP contribution in [0.1, 0.15) is 44.2 Å². The first-order valence-corrected chi connectivity index (χ1v) is 7.98. The molecule has 0 spiro atoms. The van der Waals surface area contributed by atoms with E-state index >= 15 is 0 Å². The SMILES string of the molecule is COC(=O)[C@H]1CC[C@H](N(C)C(C)c2ccc([N+](=O)[O-])cc2)CC1. The molecule has 1 atom stereocenters. The van der Waals surface area contributed by atoms with Gasteiger partial charge in [0.2, 0.25) is 0 Å². The van der Waals surface area contributed by atoms with E-state index in [2.05, 4.69) is 18.9 Å². The highest BCUT2D eigenvalue weighted by atomic mass is 16.6. The predicted octanol–water partition coefficient (Wildman–Crippen LogP) is 3.32. The third kappa shape index (κ3) is 4.07. The summed E-state index contributed by atoms with van der Waals surface area (Å²) >= 11 is 0. The number of rotatable bonds is 5. The lowest BCUT2D eigenvalue weighted by Crippen LogP contribution is -2.38. The van der Waals surface area contributed by atoms with Crippen LogP contribution in [-0.2, 0) is 9.53 Å². The van der Waals surface area contributed by atoms with Crippen LogP contribution in [-0.4, -0.2) is 36.0 Å². The lowest BCUT2D eigenvalue weighted by molar-refractivity contribution is -0.384. The lowest BCUT2D eigenvalue weighted by atomic mass is 9.85. The third-order valence-electron chi connectivity index (χ3n) is 5.00. The maximum atomic E-state index is 11.6. The highest BCUT2D eigenvalue weighted by Gasteiger charge is 2.30. The fourth-order valence-corrected chi connectivity index (χ4v) is 3.31. The van der Waals surface area contributed by atoms with E-state index in [1.54, 1.807) is 12.1 Å². The summed E-state index contributed by atoms with van der Waals surface area (Å²) < 4.78 is 4.83. The molecule has 6 heteroatoms. The Morgan fingerprint density at radius 1 is 1.26 bits per heavy atom. The highest BCUT2D eigenvalue weighted by molar-refractivity contribution is 5.72. The quantitative estimate of drug-likeness (QED) is 0.473. The summed E-state index contributed by atoms with van der Waals surface area (Å²) in [7, 11) is 3.52. The second kappa shape index (κ2) is 7.55. The zero-order chi connectivity index (χ0) is 17.0. The maximum absolute atomic E-state index is 11.6. The number of nitro benzene ring substituents is 1. The van der Waals surface area contributed by atoms with Gasteiger partial charge in [0.15, 0.2) is 0 Å². The van der Waals surface area contributed by atoms with Crippen molar-refractivity contribution in [2.75, 3.05) is 14.2 Å². The van der Waals surface area contributed by atoms with Crippen LogP contribution in [0, 0.1) is 16.0 Å². The molecule has 126 valence electrons. The van der Waals surface area contributed by atoms with Crippen molar-refractivity contribution in [3.8, 4) is 0 Å². The monoisotopic (exact) mass is 320 g/mol. The van der Waals surface area contributed by atoms with Crippen molar-refractivity contribution >= 4 is 11.7 Å². The van der Waals surface area contributed by atoms with E-state index in [1.807, 2.05) is 12.1 Å². The number of hydrogen-bond donors (Lipinski definition) is 0. The summed E-state index contributed by atoms with van der Waals surface area (Å²) in [5.74, 6) is -0.0751. The molecule has 1 aromatic carbocycles. The molecule has 1 saturated carbocycles. The number of nitrogens with zero attached hydrogens (tertiary/aromatic N) is 2. The van der Waals surface area contributed by atoms with Crippen LogP contribution in [0.2, 0.25) is 0 Å². The molecule has 1 fully saturated rings. The fraction of sp³-hybridized carbons (Fsp3) is 0.588. The summed E-state index contributed by atoms with van der Waals surface area (Å²) in [6.45, 7) is 2.10. The first-order chi connectivity index (χ1) is 10.9. The summed E-state index contributed by atoms with van der Waals surface area (Å²) in [4.78, 5) is 24.2. The van der Waals surface area contributed by atoms with E-state index in [-0.39, 0.29) is 28.5 Å². The van der Waals surface area contributed by atoms with Gasteiger partial charge in [-0.05, 0) is 45.2 Å². The van der Waals surface area contributed by atoms with Crippen LogP contribution in [0.4, 0.5) is 5.69 Å². The molecule has 1 aliphatic rings. The number of methoxy groups -OCH3 is 1. The molecule has 0 aromatic heterocycles. The fourth-order valence-electron chi connectivity index (χ4n) is 3.31. The molecule has 0 amide bonds. The Bertz CT molecular complexity index is 550. The molecule has 1 aliphatic carbocycles. The molecule has 23 heavy (non-hydrogen) atoms. The number of hydrogen-bond acceptors (Lipinski definition) is 5. The van der Waals surface area contributed by atoms with Crippen LogP contribution in [0.25, 0.3) is 0 Å². The van der Waals surface area contributed by atoms with Crippen LogP contribution >= 0.6 is 0 Å². The van der Waals surface area contributed by atoms with Gasteiger partial charge in [-0.3, -0.25) is 19.8 Å². The highest BCUT2D eigenvalue weighted by Crippen LogP contribution is 2.32. The zero-order valence-corrected chi connectivity index (χ0v) is 13.9. The zero-order valence-electron chi connectivity index (χ0n) is 13.9. The van der Waals surface area contributed by atoms with Gasteiger partial charge in [0.25, 0.3) is 5.69 Å². The molecular weight excluding hydrogens is 296 g/mol. The van der Waals surface area contributed by atoms with Gasteiger partial charge >= 0.3 is 5.97 Å². The van der Waals surface area contributed by atoms with E-state index in [9.17, 15) is 14.9 Å². The van der Waals surface area contributed by atoms with Crippen molar-refractivity contribution in [1.29, 1.82) is 0 Å². The standard InChI is InChI=1S/C17H24N2O4/c1-12(13-4-10-16(11-5-13)19(21)22)18(2)15-8-6-14(7-9-15)17(20)23-3/h4-5,10-12,14-15H,6-9H2,1-3H3/t12?,14-,15-. The normalized spacial score (nSPS) is 22.6. The van der Waals surface area contributed by atoms with Gasteiger partial charge in [0, 0.05) is 24.2 Å². The molecule has 0 radical (unpaired) electrons. The Morgan fingerprint density at radius 2 is 1.83 bits per heavy atom. The van der Waals surface area contributed by atoms with Gasteiger partial charge in [-0.2, -0.15) is 0 Å². The van der Waals surface area contributed by atoms with Gasteiger partial charge in [-0.15, -0.1) is 0 Å². The second-order valence-corrected chi connectivity index (χ2v) is 6.22. The molecule has 1 aromatic rings. The van der Waals surface area contributed by atoms with Gasteiger partial charge in [0.1, 0.15) is 0 Å². The van der Waals surface area contributed by atoms with Gasteiger partial charge in [-0.25, -0.2) is 0 Å². The predicted molar refractivity (Wildman–Crippen MR) is 87.0 cm³/mol. The average Bonchev–Trinajstić information content (AvgIpc) is 2.60. The number of carbonyl (C=O) groups is 1. The number of esters is 1. The minimum Gasteiger partial charge on any atom is -0.469 e. The molecule has 6 nitrogen and oxygen atoms in total. The van der Waals surface area contributed by atoms with Crippen LogP contribution in [0.3, 0.4) is 0 Å². The number of nitro groups is 1. The molecule has 0 aliphatic heterocycles.